The van der Waals surface area contributed by atoms with Crippen LogP contribution in [0.15, 0.2) is 53.4 Å². The van der Waals surface area contributed by atoms with Crippen LogP contribution in [0.4, 0.5) is 18.9 Å². The molecule has 24 heavy (non-hydrogen) atoms. The number of carbonyl (C=O) groups excluding carboxylic acids is 1. The summed E-state index contributed by atoms with van der Waals surface area (Å²) in [5.41, 5.74) is 0.998. The van der Waals surface area contributed by atoms with Crippen molar-refractivity contribution in [2.75, 3.05) is 11.9 Å². The van der Waals surface area contributed by atoms with Crippen molar-refractivity contribution in [2.24, 2.45) is 0 Å². The van der Waals surface area contributed by atoms with Crippen LogP contribution in [0.5, 0.6) is 0 Å². The van der Waals surface area contributed by atoms with E-state index in [0.29, 0.717) is 27.9 Å². The van der Waals surface area contributed by atoms with E-state index in [1.807, 2.05) is 0 Å². The molecular weight excluding hydrogens is 337 g/mol. The first-order chi connectivity index (χ1) is 11.5. The number of nitrogens with one attached hydrogen (secondary N) is 2. The fourth-order valence-corrected chi connectivity index (χ4v) is 2.61. The Kier molecular flexibility index (Phi) is 6.69. The maximum Gasteiger partial charge on any atom is 0.288 e. The number of alkyl halides is 2. The molecule has 0 bridgehead atoms. The summed E-state index contributed by atoms with van der Waals surface area (Å²) in [6.07, 6.45) is 0. The minimum atomic E-state index is -2.48. The molecule has 2 aromatic rings. The molecule has 128 valence electrons. The Balaban J connectivity index is 1.84. The highest BCUT2D eigenvalue weighted by Crippen LogP contribution is 2.26. The van der Waals surface area contributed by atoms with Crippen LogP contribution in [0.1, 0.15) is 18.5 Å². The van der Waals surface area contributed by atoms with Crippen LogP contribution in [0.3, 0.4) is 0 Å². The van der Waals surface area contributed by atoms with Gasteiger partial charge in [-0.15, -0.1) is 0 Å². The van der Waals surface area contributed by atoms with Gasteiger partial charge in [0.1, 0.15) is 5.82 Å². The normalized spacial score (nSPS) is 12.2. The van der Waals surface area contributed by atoms with Crippen molar-refractivity contribution in [3.05, 3.63) is 59.9 Å². The number of amides is 1. The number of hydrogen-bond donors (Lipinski definition) is 2. The highest BCUT2D eigenvalue weighted by Gasteiger charge is 2.11. The van der Waals surface area contributed by atoms with Gasteiger partial charge in [0.05, 0.1) is 6.54 Å². The van der Waals surface area contributed by atoms with Crippen LogP contribution in [-0.2, 0) is 4.79 Å². The third-order valence-corrected chi connectivity index (χ3v) is 4.03. The van der Waals surface area contributed by atoms with Gasteiger partial charge in [-0.05, 0) is 37.3 Å². The third kappa shape index (κ3) is 5.58. The summed E-state index contributed by atoms with van der Waals surface area (Å²) < 4.78 is 38.1. The summed E-state index contributed by atoms with van der Waals surface area (Å²) in [4.78, 5) is 12.3. The second-order valence-corrected chi connectivity index (χ2v) is 6.14. The predicted octanol–water partition coefficient (Wildman–Crippen LogP) is 4.43. The summed E-state index contributed by atoms with van der Waals surface area (Å²) in [5, 5.41) is 5.59. The van der Waals surface area contributed by atoms with Gasteiger partial charge < -0.3 is 10.6 Å². The molecule has 0 aliphatic rings. The van der Waals surface area contributed by atoms with Gasteiger partial charge in [-0.1, -0.05) is 30.0 Å². The summed E-state index contributed by atoms with van der Waals surface area (Å²) in [6, 6.07) is 12.2. The Morgan fingerprint density at radius 1 is 1.12 bits per heavy atom. The van der Waals surface area contributed by atoms with Crippen LogP contribution in [-0.4, -0.2) is 18.2 Å². The van der Waals surface area contributed by atoms with E-state index < -0.39 is 5.76 Å². The molecule has 0 aromatic heterocycles. The summed E-state index contributed by atoms with van der Waals surface area (Å²) in [7, 11) is 0. The zero-order chi connectivity index (χ0) is 17.5. The highest BCUT2D eigenvalue weighted by atomic mass is 32.2. The molecule has 2 rings (SSSR count). The van der Waals surface area contributed by atoms with E-state index in [2.05, 4.69) is 10.6 Å². The van der Waals surface area contributed by atoms with E-state index >= 15 is 0 Å². The number of benzene rings is 2. The maximum atomic E-state index is 13.6. The van der Waals surface area contributed by atoms with Crippen LogP contribution in [0.2, 0.25) is 0 Å². The van der Waals surface area contributed by atoms with E-state index in [1.54, 1.807) is 37.3 Å². The second kappa shape index (κ2) is 8.75. The molecule has 0 aliphatic carbocycles. The van der Waals surface area contributed by atoms with Crippen molar-refractivity contribution in [3.63, 3.8) is 0 Å². The molecule has 0 radical (unpaired) electrons. The Morgan fingerprint density at radius 2 is 1.79 bits per heavy atom. The predicted molar refractivity (Wildman–Crippen MR) is 89.8 cm³/mol. The van der Waals surface area contributed by atoms with E-state index in [9.17, 15) is 18.0 Å². The first kappa shape index (κ1) is 18.4. The van der Waals surface area contributed by atoms with Crippen molar-refractivity contribution in [2.45, 2.75) is 23.6 Å². The number of rotatable bonds is 7. The number of hydrogen-bond acceptors (Lipinski definition) is 3. The van der Waals surface area contributed by atoms with Gasteiger partial charge >= 0.3 is 0 Å². The molecule has 0 saturated heterocycles. The van der Waals surface area contributed by atoms with Gasteiger partial charge in [-0.2, -0.15) is 8.78 Å². The SMILES string of the molecule is CC(NCC(=O)Nc1ccc(SC(F)F)cc1)c1ccccc1F. The second-order valence-electron chi connectivity index (χ2n) is 5.08. The fourth-order valence-electron chi connectivity index (χ4n) is 2.11. The van der Waals surface area contributed by atoms with Crippen LogP contribution >= 0.6 is 11.8 Å². The summed E-state index contributed by atoms with van der Waals surface area (Å²) in [6.45, 7) is 1.77. The maximum absolute atomic E-state index is 13.6. The van der Waals surface area contributed by atoms with Crippen molar-refractivity contribution in [1.29, 1.82) is 0 Å². The highest BCUT2D eigenvalue weighted by molar-refractivity contribution is 7.99. The molecule has 0 heterocycles. The van der Waals surface area contributed by atoms with Gasteiger partial charge in [0.15, 0.2) is 0 Å². The molecule has 1 atom stereocenters. The van der Waals surface area contributed by atoms with Crippen LogP contribution < -0.4 is 10.6 Å². The third-order valence-electron chi connectivity index (χ3n) is 3.30. The molecule has 3 nitrogen and oxygen atoms in total. The Bertz CT molecular complexity index is 680. The van der Waals surface area contributed by atoms with Gasteiger partial charge in [-0.25, -0.2) is 4.39 Å². The molecule has 1 unspecified atom stereocenters. The molecular formula is C17H17F3N2OS. The zero-order valence-corrected chi connectivity index (χ0v) is 13.7. The minimum absolute atomic E-state index is 0.00301. The standard InChI is InChI=1S/C17H17F3N2OS/c1-11(14-4-2-3-5-15(14)18)21-10-16(23)22-12-6-8-13(9-7-12)24-17(19)20/h2-9,11,17,21H,10H2,1H3,(H,22,23). The number of thioether (sulfide) groups is 1. The molecule has 1 amide bonds. The molecule has 0 saturated carbocycles. The topological polar surface area (TPSA) is 41.1 Å². The van der Waals surface area contributed by atoms with E-state index in [1.165, 1.54) is 18.2 Å². The quantitative estimate of drug-likeness (QED) is 0.723. The average Bonchev–Trinajstić information content (AvgIpc) is 2.54. The van der Waals surface area contributed by atoms with E-state index in [4.69, 9.17) is 0 Å². The van der Waals surface area contributed by atoms with E-state index in [0.717, 1.165) is 0 Å². The molecule has 0 aliphatic heterocycles. The van der Waals surface area contributed by atoms with Crippen LogP contribution in [0, 0.1) is 5.82 Å². The Hall–Kier alpha value is -1.99. The smallest absolute Gasteiger partial charge is 0.288 e. The number of anilines is 1. The molecule has 0 fully saturated rings. The van der Waals surface area contributed by atoms with Gasteiger partial charge in [0.25, 0.3) is 5.76 Å². The van der Waals surface area contributed by atoms with Crippen molar-refractivity contribution in [3.8, 4) is 0 Å². The van der Waals surface area contributed by atoms with Crippen molar-refractivity contribution >= 4 is 23.4 Å². The molecule has 2 aromatic carbocycles. The van der Waals surface area contributed by atoms with Gasteiger partial charge in [0.2, 0.25) is 5.91 Å². The lowest BCUT2D eigenvalue weighted by Crippen LogP contribution is -2.30. The molecule has 7 heteroatoms. The number of carbonyl (C=O) groups is 1. The molecule has 2 N–H and O–H groups in total. The summed E-state index contributed by atoms with van der Waals surface area (Å²) >= 11 is 0.445. The van der Waals surface area contributed by atoms with E-state index in [-0.39, 0.29) is 24.3 Å². The first-order valence-corrected chi connectivity index (χ1v) is 8.16. The Labute approximate surface area is 142 Å². The zero-order valence-electron chi connectivity index (χ0n) is 12.9. The lowest BCUT2D eigenvalue weighted by atomic mass is 10.1. The van der Waals surface area contributed by atoms with Gasteiger partial charge in [-0.3, -0.25) is 4.79 Å². The monoisotopic (exact) mass is 354 g/mol. The van der Waals surface area contributed by atoms with Gasteiger partial charge in [0, 0.05) is 22.2 Å². The first-order valence-electron chi connectivity index (χ1n) is 7.28. The largest absolute Gasteiger partial charge is 0.325 e. The minimum Gasteiger partial charge on any atom is -0.325 e. The van der Waals surface area contributed by atoms with Crippen molar-refractivity contribution in [1.82, 2.24) is 5.32 Å². The molecule has 0 spiro atoms. The average molecular weight is 354 g/mol. The lowest BCUT2D eigenvalue weighted by molar-refractivity contribution is -0.115. The number of halogens is 3. The van der Waals surface area contributed by atoms with Crippen LogP contribution in [0.25, 0.3) is 0 Å². The Morgan fingerprint density at radius 3 is 2.42 bits per heavy atom. The van der Waals surface area contributed by atoms with Crippen molar-refractivity contribution < 1.29 is 18.0 Å². The lowest BCUT2D eigenvalue weighted by Gasteiger charge is -2.15. The summed E-state index contributed by atoms with van der Waals surface area (Å²) in [5.74, 6) is -3.10. The fraction of sp³-hybridized carbons (Fsp3) is 0.235.